The van der Waals surface area contributed by atoms with E-state index in [1.54, 1.807) is 12.1 Å². The molecule has 0 radical (unpaired) electrons. The van der Waals surface area contributed by atoms with Crippen LogP contribution < -0.4 is 10.6 Å². The lowest BCUT2D eigenvalue weighted by atomic mass is 10.1. The SMILES string of the molecule is CCCC(N)C(=O)N1c2ccccc2CC1C(=O)O. The van der Waals surface area contributed by atoms with Gasteiger partial charge in [0.25, 0.3) is 0 Å². The lowest BCUT2D eigenvalue weighted by Gasteiger charge is -2.25. The molecule has 5 heteroatoms. The first kappa shape index (κ1) is 13.5. The van der Waals surface area contributed by atoms with E-state index in [4.69, 9.17) is 5.73 Å². The van der Waals surface area contributed by atoms with Crippen LogP contribution >= 0.6 is 0 Å². The molecule has 1 aliphatic heterocycles. The third-order valence-electron chi connectivity index (χ3n) is 3.42. The number of fused-ring (bicyclic) bond motifs is 1. The molecular formula is C14H18N2O3. The highest BCUT2D eigenvalue weighted by Gasteiger charge is 2.39. The number of aliphatic carboxylic acids is 1. The van der Waals surface area contributed by atoms with Gasteiger partial charge in [-0.2, -0.15) is 0 Å². The molecule has 5 nitrogen and oxygen atoms in total. The number of benzene rings is 1. The summed E-state index contributed by atoms with van der Waals surface area (Å²) >= 11 is 0. The summed E-state index contributed by atoms with van der Waals surface area (Å²) in [6.07, 6.45) is 1.69. The number of anilines is 1. The van der Waals surface area contributed by atoms with Crippen molar-refractivity contribution in [1.29, 1.82) is 0 Å². The minimum atomic E-state index is -0.992. The Morgan fingerprint density at radius 1 is 1.47 bits per heavy atom. The molecule has 1 heterocycles. The van der Waals surface area contributed by atoms with Crippen molar-refractivity contribution < 1.29 is 14.7 Å². The van der Waals surface area contributed by atoms with Crippen molar-refractivity contribution in [3.63, 3.8) is 0 Å². The first-order valence-corrected chi connectivity index (χ1v) is 6.45. The monoisotopic (exact) mass is 262 g/mol. The van der Waals surface area contributed by atoms with E-state index in [1.807, 2.05) is 19.1 Å². The molecule has 0 bridgehead atoms. The van der Waals surface area contributed by atoms with E-state index in [9.17, 15) is 14.7 Å². The van der Waals surface area contributed by atoms with Crippen molar-refractivity contribution in [3.8, 4) is 0 Å². The molecule has 1 amide bonds. The summed E-state index contributed by atoms with van der Waals surface area (Å²) in [5.41, 5.74) is 7.40. The first-order chi connectivity index (χ1) is 9.06. The minimum absolute atomic E-state index is 0.306. The van der Waals surface area contributed by atoms with Crippen LogP contribution in [0.5, 0.6) is 0 Å². The fourth-order valence-corrected chi connectivity index (χ4v) is 2.47. The fourth-order valence-electron chi connectivity index (χ4n) is 2.47. The van der Waals surface area contributed by atoms with E-state index < -0.39 is 18.1 Å². The molecular weight excluding hydrogens is 244 g/mol. The number of amides is 1. The van der Waals surface area contributed by atoms with Gasteiger partial charge in [-0.25, -0.2) is 4.79 Å². The fraction of sp³-hybridized carbons (Fsp3) is 0.429. The van der Waals surface area contributed by atoms with Crippen LogP contribution in [0.25, 0.3) is 0 Å². The molecule has 0 saturated heterocycles. The maximum absolute atomic E-state index is 12.4. The molecule has 1 aromatic rings. The Bertz CT molecular complexity index is 501. The minimum Gasteiger partial charge on any atom is -0.480 e. The van der Waals surface area contributed by atoms with Crippen LogP contribution in [0.15, 0.2) is 24.3 Å². The van der Waals surface area contributed by atoms with Gasteiger partial charge in [0.15, 0.2) is 0 Å². The zero-order valence-corrected chi connectivity index (χ0v) is 10.9. The lowest BCUT2D eigenvalue weighted by molar-refractivity contribution is -0.140. The number of hydrogen-bond donors (Lipinski definition) is 2. The van der Waals surface area contributed by atoms with Crippen LogP contribution in [0, 0.1) is 0 Å². The number of carbonyl (C=O) groups excluding carboxylic acids is 1. The van der Waals surface area contributed by atoms with Crippen molar-refractivity contribution in [2.45, 2.75) is 38.3 Å². The number of hydrogen-bond acceptors (Lipinski definition) is 3. The van der Waals surface area contributed by atoms with Crippen molar-refractivity contribution in [1.82, 2.24) is 0 Å². The van der Waals surface area contributed by atoms with Gasteiger partial charge in [0.1, 0.15) is 6.04 Å². The lowest BCUT2D eigenvalue weighted by Crippen LogP contribution is -2.50. The first-order valence-electron chi connectivity index (χ1n) is 6.45. The van der Waals surface area contributed by atoms with Crippen LogP contribution in [0.2, 0.25) is 0 Å². The number of rotatable bonds is 4. The zero-order valence-electron chi connectivity index (χ0n) is 10.9. The van der Waals surface area contributed by atoms with Crippen molar-refractivity contribution in [2.75, 3.05) is 4.90 Å². The van der Waals surface area contributed by atoms with Crippen LogP contribution in [0.1, 0.15) is 25.3 Å². The van der Waals surface area contributed by atoms with Crippen molar-refractivity contribution >= 4 is 17.6 Å². The zero-order chi connectivity index (χ0) is 14.0. The number of carboxylic acid groups (broad SMARTS) is 1. The molecule has 1 aliphatic rings. The Kier molecular flexibility index (Phi) is 3.85. The average molecular weight is 262 g/mol. The Morgan fingerprint density at radius 2 is 2.16 bits per heavy atom. The summed E-state index contributed by atoms with van der Waals surface area (Å²) in [7, 11) is 0. The van der Waals surface area contributed by atoms with E-state index in [0.717, 1.165) is 12.0 Å². The second-order valence-electron chi connectivity index (χ2n) is 4.79. The predicted molar refractivity (Wildman–Crippen MR) is 71.9 cm³/mol. The van der Waals surface area contributed by atoms with Gasteiger partial charge in [0, 0.05) is 12.1 Å². The summed E-state index contributed by atoms with van der Waals surface area (Å²) < 4.78 is 0. The summed E-state index contributed by atoms with van der Waals surface area (Å²) in [4.78, 5) is 25.0. The molecule has 0 fully saturated rings. The van der Waals surface area contributed by atoms with Crippen LogP contribution in [0.4, 0.5) is 5.69 Å². The molecule has 3 N–H and O–H groups in total. The Hall–Kier alpha value is -1.88. The molecule has 0 aliphatic carbocycles. The molecule has 1 aromatic carbocycles. The second kappa shape index (κ2) is 5.40. The molecule has 19 heavy (non-hydrogen) atoms. The van der Waals surface area contributed by atoms with Gasteiger partial charge >= 0.3 is 5.97 Å². The Morgan fingerprint density at radius 3 is 2.79 bits per heavy atom. The van der Waals surface area contributed by atoms with E-state index in [0.29, 0.717) is 18.5 Å². The van der Waals surface area contributed by atoms with Crippen LogP contribution in [-0.4, -0.2) is 29.1 Å². The van der Waals surface area contributed by atoms with E-state index >= 15 is 0 Å². The van der Waals surface area contributed by atoms with Crippen LogP contribution in [-0.2, 0) is 16.0 Å². The van der Waals surface area contributed by atoms with Gasteiger partial charge in [-0.15, -0.1) is 0 Å². The standard InChI is InChI=1S/C14H18N2O3/c1-2-5-10(15)13(17)16-11-7-4-3-6-9(11)8-12(16)14(18)19/h3-4,6-7,10,12H,2,5,8,15H2,1H3,(H,18,19). The third kappa shape index (κ3) is 2.46. The average Bonchev–Trinajstić information content (AvgIpc) is 2.77. The number of nitrogens with two attached hydrogens (primary N) is 1. The number of nitrogens with zero attached hydrogens (tertiary/aromatic N) is 1. The number of carboxylic acids is 1. The number of carbonyl (C=O) groups is 2. The van der Waals surface area contributed by atoms with E-state index in [-0.39, 0.29) is 5.91 Å². The quantitative estimate of drug-likeness (QED) is 0.852. The molecule has 0 saturated carbocycles. The maximum Gasteiger partial charge on any atom is 0.327 e. The van der Waals surface area contributed by atoms with Gasteiger partial charge in [0.05, 0.1) is 6.04 Å². The van der Waals surface area contributed by atoms with Gasteiger partial charge < -0.3 is 10.8 Å². The normalized spacial score (nSPS) is 19.1. The topological polar surface area (TPSA) is 83.6 Å². The molecule has 0 aromatic heterocycles. The summed E-state index contributed by atoms with van der Waals surface area (Å²) in [5, 5.41) is 9.28. The summed E-state index contributed by atoms with van der Waals surface area (Å²) in [6, 6.07) is 5.79. The molecule has 2 atom stereocenters. The summed E-state index contributed by atoms with van der Waals surface area (Å²) in [6.45, 7) is 1.94. The predicted octanol–water partition coefficient (Wildman–Crippen LogP) is 1.16. The molecule has 0 spiro atoms. The van der Waals surface area contributed by atoms with Gasteiger partial charge in [-0.05, 0) is 18.1 Å². The van der Waals surface area contributed by atoms with E-state index in [2.05, 4.69) is 0 Å². The Balaban J connectivity index is 2.34. The molecule has 2 rings (SSSR count). The van der Waals surface area contributed by atoms with Crippen molar-refractivity contribution in [2.24, 2.45) is 5.73 Å². The highest BCUT2D eigenvalue weighted by molar-refractivity contribution is 6.04. The van der Waals surface area contributed by atoms with Crippen molar-refractivity contribution in [3.05, 3.63) is 29.8 Å². The van der Waals surface area contributed by atoms with Gasteiger partial charge in [-0.1, -0.05) is 31.5 Å². The number of para-hydroxylation sites is 1. The third-order valence-corrected chi connectivity index (χ3v) is 3.42. The van der Waals surface area contributed by atoms with Crippen LogP contribution in [0.3, 0.4) is 0 Å². The molecule has 2 unspecified atom stereocenters. The van der Waals surface area contributed by atoms with Gasteiger partial charge in [0.2, 0.25) is 5.91 Å². The molecule has 102 valence electrons. The largest absolute Gasteiger partial charge is 0.480 e. The highest BCUT2D eigenvalue weighted by Crippen LogP contribution is 2.32. The second-order valence-corrected chi connectivity index (χ2v) is 4.79. The van der Waals surface area contributed by atoms with Gasteiger partial charge in [-0.3, -0.25) is 9.69 Å². The Labute approximate surface area is 112 Å². The van der Waals surface area contributed by atoms with E-state index in [1.165, 1.54) is 4.90 Å². The maximum atomic E-state index is 12.4. The summed E-state index contributed by atoms with van der Waals surface area (Å²) in [5.74, 6) is -1.30. The highest BCUT2D eigenvalue weighted by atomic mass is 16.4. The smallest absolute Gasteiger partial charge is 0.327 e.